The van der Waals surface area contributed by atoms with Crippen LogP contribution in [-0.4, -0.2) is 48.7 Å². The Morgan fingerprint density at radius 2 is 2.19 bits per heavy atom. The van der Waals surface area contributed by atoms with Gasteiger partial charge in [-0.05, 0) is 37.8 Å². The maximum atomic E-state index is 12.3. The fraction of sp³-hybridized carbons (Fsp3) is 0.500. The molecular weight excluding hydrogens is 332 g/mol. The predicted molar refractivity (Wildman–Crippen MR) is 101 cm³/mol. The summed E-state index contributed by atoms with van der Waals surface area (Å²) < 4.78 is 11.5. The fourth-order valence-corrected chi connectivity index (χ4v) is 3.23. The van der Waals surface area contributed by atoms with Gasteiger partial charge < -0.3 is 19.4 Å². The maximum Gasteiger partial charge on any atom is 0.248 e. The van der Waals surface area contributed by atoms with Crippen molar-refractivity contribution in [1.29, 1.82) is 0 Å². The molecule has 1 N–H and O–H groups in total. The number of rotatable bonds is 7. The first-order valence-corrected chi connectivity index (χ1v) is 9.24. The molecule has 6 heteroatoms. The average Bonchev–Trinajstić information content (AvgIpc) is 2.66. The van der Waals surface area contributed by atoms with Crippen LogP contribution in [0.1, 0.15) is 32.1 Å². The molecule has 0 radical (unpaired) electrons. The molecule has 0 spiro atoms. The van der Waals surface area contributed by atoms with Gasteiger partial charge in [0, 0.05) is 38.1 Å². The molecule has 2 aromatic rings. The van der Waals surface area contributed by atoms with Crippen molar-refractivity contribution in [1.82, 2.24) is 9.88 Å². The van der Waals surface area contributed by atoms with Gasteiger partial charge in [0.15, 0.2) is 0 Å². The second-order valence-electron chi connectivity index (χ2n) is 6.76. The van der Waals surface area contributed by atoms with E-state index in [1.165, 1.54) is 12.5 Å². The maximum absolute atomic E-state index is 12.3. The summed E-state index contributed by atoms with van der Waals surface area (Å²) in [5, 5.41) is 0.922. The number of nitrogens with one attached hydrogen (secondary N) is 1. The zero-order valence-corrected chi connectivity index (χ0v) is 15.2. The lowest BCUT2D eigenvalue weighted by molar-refractivity contribution is -0.132. The molecule has 1 aromatic carbocycles. The summed E-state index contributed by atoms with van der Waals surface area (Å²) in [6, 6.07) is 8.90. The number of para-hydroxylation sites is 1. The fourth-order valence-electron chi connectivity index (χ4n) is 3.23. The molecule has 0 saturated carbocycles. The molecule has 1 saturated heterocycles. The van der Waals surface area contributed by atoms with Crippen LogP contribution >= 0.6 is 0 Å². The Hall–Kier alpha value is -2.34. The first-order valence-electron chi connectivity index (χ1n) is 9.24. The molecule has 1 aromatic heterocycles. The minimum Gasteiger partial charge on any atom is -0.491 e. The summed E-state index contributed by atoms with van der Waals surface area (Å²) in [5.41, 5.74) is 0.535. The Bertz CT molecular complexity index is 796. The number of H-pyrrole nitrogens is 1. The number of fused-ring (bicyclic) bond motifs is 1. The Morgan fingerprint density at radius 3 is 3.00 bits per heavy atom. The molecule has 1 aliphatic rings. The highest BCUT2D eigenvalue weighted by molar-refractivity contribution is 5.84. The summed E-state index contributed by atoms with van der Waals surface area (Å²) in [6.45, 7) is 1.88. The molecule has 2 heterocycles. The van der Waals surface area contributed by atoms with Crippen LogP contribution in [0.2, 0.25) is 0 Å². The second kappa shape index (κ2) is 8.85. The van der Waals surface area contributed by atoms with E-state index in [1.54, 1.807) is 11.0 Å². The smallest absolute Gasteiger partial charge is 0.248 e. The van der Waals surface area contributed by atoms with Gasteiger partial charge in [-0.3, -0.25) is 9.59 Å². The van der Waals surface area contributed by atoms with E-state index in [9.17, 15) is 9.59 Å². The van der Waals surface area contributed by atoms with Gasteiger partial charge in [0.05, 0.1) is 18.2 Å². The summed E-state index contributed by atoms with van der Waals surface area (Å²) in [4.78, 5) is 28.3. The third kappa shape index (κ3) is 4.85. The summed E-state index contributed by atoms with van der Waals surface area (Å²) in [6.07, 6.45) is 4.55. The Morgan fingerprint density at radius 1 is 1.31 bits per heavy atom. The molecule has 0 aliphatic carbocycles. The van der Waals surface area contributed by atoms with Crippen LogP contribution in [0.3, 0.4) is 0 Å². The largest absolute Gasteiger partial charge is 0.491 e. The molecule has 1 aliphatic heterocycles. The molecular formula is C20H26N2O4. The van der Waals surface area contributed by atoms with E-state index in [0.29, 0.717) is 37.3 Å². The van der Waals surface area contributed by atoms with Gasteiger partial charge in [0.2, 0.25) is 11.5 Å². The van der Waals surface area contributed by atoms with E-state index in [1.807, 2.05) is 25.2 Å². The average molecular weight is 358 g/mol. The van der Waals surface area contributed by atoms with Crippen molar-refractivity contribution < 1.29 is 14.3 Å². The highest BCUT2D eigenvalue weighted by Gasteiger charge is 2.18. The van der Waals surface area contributed by atoms with Gasteiger partial charge in [-0.1, -0.05) is 12.1 Å². The summed E-state index contributed by atoms with van der Waals surface area (Å²) >= 11 is 0. The van der Waals surface area contributed by atoms with E-state index >= 15 is 0 Å². The van der Waals surface area contributed by atoms with Crippen LogP contribution in [-0.2, 0) is 9.53 Å². The lowest BCUT2D eigenvalue weighted by Crippen LogP contribution is -2.37. The molecule has 140 valence electrons. The zero-order chi connectivity index (χ0) is 18.4. The number of carbonyl (C=O) groups is 1. The van der Waals surface area contributed by atoms with Gasteiger partial charge >= 0.3 is 0 Å². The summed E-state index contributed by atoms with van der Waals surface area (Å²) in [5.74, 6) is 0.741. The highest BCUT2D eigenvalue weighted by Crippen LogP contribution is 2.22. The number of hydrogen-bond donors (Lipinski definition) is 1. The van der Waals surface area contributed by atoms with E-state index in [2.05, 4.69) is 4.98 Å². The van der Waals surface area contributed by atoms with Crippen LogP contribution < -0.4 is 10.3 Å². The van der Waals surface area contributed by atoms with Gasteiger partial charge in [0.25, 0.3) is 0 Å². The molecule has 1 amide bonds. The van der Waals surface area contributed by atoms with E-state index in [0.717, 1.165) is 24.8 Å². The lowest BCUT2D eigenvalue weighted by Gasteiger charge is -2.27. The van der Waals surface area contributed by atoms with Crippen molar-refractivity contribution in [2.75, 3.05) is 26.8 Å². The lowest BCUT2D eigenvalue weighted by atomic mass is 10.1. The Kier molecular flexibility index (Phi) is 6.28. The molecule has 1 atom stereocenters. The number of carbonyl (C=O) groups excluding carboxylic acids is 1. The van der Waals surface area contributed by atoms with Gasteiger partial charge in [-0.15, -0.1) is 0 Å². The van der Waals surface area contributed by atoms with Gasteiger partial charge in [-0.25, -0.2) is 0 Å². The number of ether oxygens (including phenoxy) is 2. The minimum atomic E-state index is -0.157. The third-order valence-corrected chi connectivity index (χ3v) is 4.69. The van der Waals surface area contributed by atoms with E-state index in [-0.39, 0.29) is 17.6 Å². The number of benzene rings is 1. The SMILES string of the molecule is CN(CC1CCCCO1)C(=O)CCCOc1cccc2ccc(=O)[nH]c12. The number of likely N-dealkylation sites (N-methyl/N-ethyl adjacent to an activating group) is 1. The number of amides is 1. The standard InChI is InChI=1S/C20H26N2O4/c1-22(14-16-7-2-3-12-25-16)19(24)9-5-13-26-17-8-4-6-15-10-11-18(23)21-20(15)17/h4,6,8,10-11,16H,2-3,5,7,9,12-14H2,1H3,(H,21,23). The molecule has 0 bridgehead atoms. The van der Waals surface area contributed by atoms with Crippen molar-refractivity contribution in [3.8, 4) is 5.75 Å². The normalized spacial score (nSPS) is 17.2. The number of hydrogen-bond acceptors (Lipinski definition) is 4. The zero-order valence-electron chi connectivity index (χ0n) is 15.2. The van der Waals surface area contributed by atoms with Crippen molar-refractivity contribution >= 4 is 16.8 Å². The topological polar surface area (TPSA) is 71.6 Å². The Labute approximate surface area is 153 Å². The molecule has 1 unspecified atom stereocenters. The molecule has 3 rings (SSSR count). The van der Waals surface area contributed by atoms with Crippen molar-refractivity contribution in [3.05, 3.63) is 40.7 Å². The van der Waals surface area contributed by atoms with Gasteiger partial charge in [0.1, 0.15) is 5.75 Å². The number of pyridine rings is 1. The van der Waals surface area contributed by atoms with Crippen molar-refractivity contribution in [2.24, 2.45) is 0 Å². The van der Waals surface area contributed by atoms with Crippen LogP contribution in [0.4, 0.5) is 0 Å². The quantitative estimate of drug-likeness (QED) is 0.773. The van der Waals surface area contributed by atoms with E-state index in [4.69, 9.17) is 9.47 Å². The highest BCUT2D eigenvalue weighted by atomic mass is 16.5. The van der Waals surface area contributed by atoms with Crippen LogP contribution in [0, 0.1) is 0 Å². The van der Waals surface area contributed by atoms with Crippen LogP contribution in [0.25, 0.3) is 10.9 Å². The molecule has 26 heavy (non-hydrogen) atoms. The van der Waals surface area contributed by atoms with Crippen LogP contribution in [0.5, 0.6) is 5.75 Å². The minimum absolute atomic E-state index is 0.106. The monoisotopic (exact) mass is 358 g/mol. The number of aromatic amines is 1. The van der Waals surface area contributed by atoms with Gasteiger partial charge in [-0.2, -0.15) is 0 Å². The summed E-state index contributed by atoms with van der Waals surface area (Å²) in [7, 11) is 1.83. The molecule has 6 nitrogen and oxygen atoms in total. The van der Waals surface area contributed by atoms with Crippen molar-refractivity contribution in [2.45, 2.75) is 38.2 Å². The third-order valence-electron chi connectivity index (χ3n) is 4.69. The van der Waals surface area contributed by atoms with Crippen LogP contribution in [0.15, 0.2) is 35.1 Å². The number of nitrogens with zero attached hydrogens (tertiary/aromatic N) is 1. The first kappa shape index (κ1) is 18.5. The number of aromatic nitrogens is 1. The predicted octanol–water partition coefficient (Wildman–Crippen LogP) is 2.71. The Balaban J connectivity index is 1.45. The first-order chi connectivity index (χ1) is 12.6. The second-order valence-corrected chi connectivity index (χ2v) is 6.76. The molecule has 1 fully saturated rings. The van der Waals surface area contributed by atoms with Crippen molar-refractivity contribution in [3.63, 3.8) is 0 Å². The van der Waals surface area contributed by atoms with E-state index < -0.39 is 0 Å².